The minimum Gasteiger partial charge on any atom is -0.497 e. The third-order valence-corrected chi connectivity index (χ3v) is 8.75. The fraction of sp³-hybridized carbons (Fsp3) is 0.233. The molecule has 0 bridgehead atoms. The topological polar surface area (TPSA) is 177 Å². The highest BCUT2D eigenvalue weighted by molar-refractivity contribution is 7.89. The molecule has 0 unspecified atom stereocenters. The predicted octanol–water partition coefficient (Wildman–Crippen LogP) is 5.15. The van der Waals surface area contributed by atoms with Gasteiger partial charge in [0.25, 0.3) is 5.69 Å². The van der Waals surface area contributed by atoms with Crippen LogP contribution in [0.4, 0.5) is 17.1 Å². The van der Waals surface area contributed by atoms with Crippen molar-refractivity contribution in [2.75, 3.05) is 44.0 Å². The fourth-order valence-electron chi connectivity index (χ4n) is 4.44. The number of sulfonamides is 1. The molecular formula is C30H29ClN6O7S. The van der Waals surface area contributed by atoms with Gasteiger partial charge < -0.3 is 20.1 Å². The Bertz CT molecular complexity index is 1860. The lowest BCUT2D eigenvalue weighted by atomic mass is 10.1. The zero-order chi connectivity index (χ0) is 32.6. The number of rotatable bonds is 14. The van der Waals surface area contributed by atoms with Crippen LogP contribution in [0, 0.1) is 28.4 Å². The predicted molar refractivity (Wildman–Crippen MR) is 169 cm³/mol. The van der Waals surface area contributed by atoms with Gasteiger partial charge in [0.15, 0.2) is 12.4 Å². The van der Waals surface area contributed by atoms with Crippen LogP contribution >= 0.6 is 11.6 Å². The number of ether oxygens (including phenoxy) is 2. The van der Waals surface area contributed by atoms with Crippen molar-refractivity contribution in [3.63, 3.8) is 0 Å². The largest absolute Gasteiger partial charge is 0.497 e. The molecule has 0 aliphatic rings. The Morgan fingerprint density at radius 2 is 1.84 bits per heavy atom. The zero-order valence-electron chi connectivity index (χ0n) is 24.3. The van der Waals surface area contributed by atoms with Crippen LogP contribution in [0.1, 0.15) is 12.1 Å². The number of nitro groups is 1. The first kappa shape index (κ1) is 32.9. The summed E-state index contributed by atoms with van der Waals surface area (Å²) in [6.45, 7) is 1.45. The average molecular weight is 653 g/mol. The summed E-state index contributed by atoms with van der Waals surface area (Å²) in [6.07, 6.45) is -0.253. The van der Waals surface area contributed by atoms with Gasteiger partial charge in [-0.25, -0.2) is 8.42 Å². The molecule has 1 amide bonds. The number of carbonyl (C=O) groups excluding carboxylic acids is 1. The number of benzene rings is 3. The minimum absolute atomic E-state index is 0.000859. The van der Waals surface area contributed by atoms with Gasteiger partial charge >= 0.3 is 0 Å². The van der Waals surface area contributed by atoms with Gasteiger partial charge in [-0.15, -0.1) is 0 Å². The monoisotopic (exact) mass is 652 g/mol. The van der Waals surface area contributed by atoms with Crippen LogP contribution in [0.2, 0.25) is 5.02 Å². The van der Waals surface area contributed by atoms with Crippen LogP contribution in [0.15, 0.2) is 71.6 Å². The average Bonchev–Trinajstić information content (AvgIpc) is 3.02. The molecule has 1 aromatic heterocycles. The van der Waals surface area contributed by atoms with Gasteiger partial charge in [-0.3, -0.25) is 19.9 Å². The number of carbonyl (C=O) groups is 1. The number of nitro benzene ring substituents is 1. The molecule has 0 radical (unpaired) electrons. The molecule has 234 valence electrons. The van der Waals surface area contributed by atoms with E-state index in [1.54, 1.807) is 24.3 Å². The number of nitrogens with one attached hydrogen (secondary N) is 2. The zero-order valence-corrected chi connectivity index (χ0v) is 25.9. The van der Waals surface area contributed by atoms with Crippen LogP contribution in [0.25, 0.3) is 10.9 Å². The summed E-state index contributed by atoms with van der Waals surface area (Å²) >= 11 is 6.21. The maximum absolute atomic E-state index is 13.7. The van der Waals surface area contributed by atoms with Gasteiger partial charge in [0, 0.05) is 53.9 Å². The Kier molecular flexibility index (Phi) is 10.7. The van der Waals surface area contributed by atoms with E-state index in [9.17, 15) is 23.3 Å². The van der Waals surface area contributed by atoms with E-state index in [4.69, 9.17) is 26.3 Å². The number of amides is 1. The number of anilines is 2. The fourth-order valence-corrected chi connectivity index (χ4v) is 6.05. The van der Waals surface area contributed by atoms with Gasteiger partial charge in [-0.05, 0) is 61.5 Å². The lowest BCUT2D eigenvalue weighted by molar-refractivity contribution is -0.384. The van der Waals surface area contributed by atoms with E-state index >= 15 is 0 Å². The third kappa shape index (κ3) is 8.36. The van der Waals surface area contributed by atoms with Crippen molar-refractivity contribution < 1.29 is 27.6 Å². The lowest BCUT2D eigenvalue weighted by Gasteiger charge is -2.23. The molecule has 3 aromatic carbocycles. The first-order chi connectivity index (χ1) is 21.5. The number of fused-ring (bicyclic) bond motifs is 1. The lowest BCUT2D eigenvalue weighted by Crippen LogP contribution is -2.37. The highest BCUT2D eigenvalue weighted by Gasteiger charge is 2.25. The quantitative estimate of drug-likeness (QED) is 0.137. The van der Waals surface area contributed by atoms with Crippen molar-refractivity contribution in [2.45, 2.75) is 18.2 Å². The SMILES string of the molecule is COc1ccc(S(=O)(=O)N(CCNc2cc(C)nc3ccc(Cl)cc23)CCC(=O)Nc2ccc([N+](=O)[O-])cc2OCC#N)cc1. The van der Waals surface area contributed by atoms with E-state index in [0.29, 0.717) is 10.8 Å². The number of pyridine rings is 1. The molecule has 4 aromatic rings. The van der Waals surface area contributed by atoms with E-state index in [-0.39, 0.29) is 48.1 Å². The second-order valence-electron chi connectivity index (χ2n) is 9.66. The first-order valence-electron chi connectivity index (χ1n) is 13.5. The van der Waals surface area contributed by atoms with Gasteiger partial charge in [0.05, 0.1) is 34.2 Å². The van der Waals surface area contributed by atoms with Crippen molar-refractivity contribution in [2.24, 2.45) is 0 Å². The van der Waals surface area contributed by atoms with Crippen molar-refractivity contribution >= 4 is 55.5 Å². The molecule has 1 heterocycles. The van der Waals surface area contributed by atoms with Gasteiger partial charge in [0.2, 0.25) is 15.9 Å². The van der Waals surface area contributed by atoms with Crippen LogP contribution in [0.5, 0.6) is 11.5 Å². The van der Waals surface area contributed by atoms with E-state index in [0.717, 1.165) is 28.4 Å². The molecule has 2 N–H and O–H groups in total. The van der Waals surface area contributed by atoms with Gasteiger partial charge in [-0.1, -0.05) is 11.6 Å². The Morgan fingerprint density at radius 1 is 1.09 bits per heavy atom. The summed E-state index contributed by atoms with van der Waals surface area (Å²) < 4.78 is 39.0. The maximum atomic E-state index is 13.7. The summed E-state index contributed by atoms with van der Waals surface area (Å²) in [5.74, 6) is -0.150. The molecule has 0 saturated heterocycles. The maximum Gasteiger partial charge on any atom is 0.273 e. The van der Waals surface area contributed by atoms with E-state index in [2.05, 4.69) is 15.6 Å². The number of aryl methyl sites for hydroxylation is 1. The number of halogens is 1. The molecular weight excluding hydrogens is 624 g/mol. The van der Waals surface area contributed by atoms with E-state index in [1.165, 1.54) is 47.8 Å². The molecule has 0 saturated carbocycles. The molecule has 0 fully saturated rings. The summed E-state index contributed by atoms with van der Waals surface area (Å²) in [6, 6.07) is 18.4. The van der Waals surface area contributed by atoms with Crippen molar-refractivity contribution in [3.05, 3.63) is 87.6 Å². The summed E-state index contributed by atoms with van der Waals surface area (Å²) in [5, 5.41) is 27.2. The Balaban J connectivity index is 1.53. The van der Waals surface area contributed by atoms with Crippen molar-refractivity contribution in [1.29, 1.82) is 5.26 Å². The number of hydrogen-bond donors (Lipinski definition) is 2. The highest BCUT2D eigenvalue weighted by Crippen LogP contribution is 2.30. The number of hydrogen-bond acceptors (Lipinski definition) is 10. The van der Waals surface area contributed by atoms with Crippen molar-refractivity contribution in [1.82, 2.24) is 9.29 Å². The standard InChI is InChI=1S/C30H29ClN6O7S/c1-20-17-28(25-18-21(31)3-9-26(25)34-20)33-13-15-36(45(41,42)24-7-5-23(43-2)6-8-24)14-11-30(38)35-27-10-4-22(37(39)40)19-29(27)44-16-12-32/h3-10,17-19H,11,13-16H2,1-2H3,(H,33,34)(H,35,38). The Morgan fingerprint density at radius 3 is 2.53 bits per heavy atom. The molecule has 45 heavy (non-hydrogen) atoms. The second kappa shape index (κ2) is 14.7. The molecule has 13 nitrogen and oxygen atoms in total. The molecule has 0 aliphatic heterocycles. The van der Waals surface area contributed by atoms with Gasteiger partial charge in [0.1, 0.15) is 11.8 Å². The van der Waals surface area contributed by atoms with E-state index < -0.39 is 27.5 Å². The summed E-state index contributed by atoms with van der Waals surface area (Å²) in [7, 11) is -2.58. The molecule has 0 aliphatic carbocycles. The minimum atomic E-state index is -4.05. The number of nitrogens with zero attached hydrogens (tertiary/aromatic N) is 4. The number of nitriles is 1. The third-order valence-electron chi connectivity index (χ3n) is 6.60. The van der Waals surface area contributed by atoms with Crippen molar-refractivity contribution in [3.8, 4) is 17.6 Å². The first-order valence-corrected chi connectivity index (χ1v) is 15.4. The number of aromatic nitrogens is 1. The van der Waals surface area contributed by atoms with Crippen LogP contribution in [-0.2, 0) is 14.8 Å². The Labute approximate surface area is 264 Å². The van der Waals surface area contributed by atoms with Crippen LogP contribution in [0.3, 0.4) is 0 Å². The summed E-state index contributed by atoms with van der Waals surface area (Å²) in [5.41, 5.74) is 2.03. The highest BCUT2D eigenvalue weighted by atomic mass is 35.5. The van der Waals surface area contributed by atoms with Crippen LogP contribution < -0.4 is 20.1 Å². The number of methoxy groups -OCH3 is 1. The van der Waals surface area contributed by atoms with Crippen LogP contribution in [-0.4, -0.2) is 61.9 Å². The number of non-ortho nitro benzene ring substituents is 1. The molecule has 0 spiro atoms. The summed E-state index contributed by atoms with van der Waals surface area (Å²) in [4.78, 5) is 28.1. The second-order valence-corrected chi connectivity index (χ2v) is 12.0. The normalized spacial score (nSPS) is 11.2. The molecule has 0 atom stereocenters. The van der Waals surface area contributed by atoms with E-state index in [1.807, 2.05) is 13.0 Å². The smallest absolute Gasteiger partial charge is 0.273 e. The van der Waals surface area contributed by atoms with Gasteiger partial charge in [-0.2, -0.15) is 9.57 Å². The molecule has 15 heteroatoms. The Hall–Kier alpha value is -4.97. The molecule has 4 rings (SSSR count).